The van der Waals surface area contributed by atoms with Crippen LogP contribution in [-0.2, 0) is 4.74 Å². The van der Waals surface area contributed by atoms with Crippen molar-refractivity contribution in [2.45, 2.75) is 26.4 Å². The molecule has 0 unspecified atom stereocenters. The van der Waals surface area contributed by atoms with Crippen LogP contribution < -0.4 is 4.90 Å². The number of hydrogen-bond donors (Lipinski definition) is 0. The summed E-state index contributed by atoms with van der Waals surface area (Å²) in [5, 5.41) is 0. The maximum Gasteiger partial charge on any atom is 0.418 e. The summed E-state index contributed by atoms with van der Waals surface area (Å²) in [4.78, 5) is 13.9. The molecule has 0 atom stereocenters. The highest BCUT2D eigenvalue weighted by Crippen LogP contribution is 2.19. The lowest BCUT2D eigenvalue weighted by atomic mass is 10.2. The average Bonchev–Trinajstić information content (AvgIpc) is 2.48. The average molecular weight is 295 g/mol. The van der Waals surface area contributed by atoms with Crippen LogP contribution in [0.15, 0.2) is 66.9 Å². The Bertz CT molecular complexity index is 627. The third-order valence-corrected chi connectivity index (χ3v) is 2.84. The molecule has 1 amide bonds. The van der Waals surface area contributed by atoms with Gasteiger partial charge in [0.05, 0.1) is 5.69 Å². The standard InChI is InChI=1S/C19H21NO2/c1-19(2,3)22-18(21)20(17-12-8-5-9-13-17)15-14-16-10-6-4-7-11-16/h4-15H,1-3H3. The Morgan fingerprint density at radius 2 is 1.50 bits per heavy atom. The molecule has 0 spiro atoms. The molecule has 114 valence electrons. The smallest absolute Gasteiger partial charge is 0.418 e. The molecule has 3 nitrogen and oxygen atoms in total. The zero-order valence-corrected chi connectivity index (χ0v) is 13.2. The molecule has 0 bridgehead atoms. The van der Waals surface area contributed by atoms with Crippen LogP contribution in [0.2, 0.25) is 0 Å². The molecule has 0 aromatic heterocycles. The van der Waals surface area contributed by atoms with Gasteiger partial charge in [-0.25, -0.2) is 4.79 Å². The molecule has 2 aromatic rings. The van der Waals surface area contributed by atoms with E-state index in [2.05, 4.69) is 0 Å². The van der Waals surface area contributed by atoms with Crippen molar-refractivity contribution in [1.82, 2.24) is 0 Å². The molecule has 0 saturated carbocycles. The number of carbonyl (C=O) groups is 1. The van der Waals surface area contributed by atoms with Crippen LogP contribution in [0.3, 0.4) is 0 Å². The van der Waals surface area contributed by atoms with Crippen LogP contribution in [0.1, 0.15) is 26.3 Å². The Morgan fingerprint density at radius 1 is 0.955 bits per heavy atom. The number of benzene rings is 2. The fourth-order valence-electron chi connectivity index (χ4n) is 1.88. The van der Waals surface area contributed by atoms with E-state index in [1.165, 1.54) is 4.90 Å². The van der Waals surface area contributed by atoms with E-state index in [4.69, 9.17) is 4.74 Å². The van der Waals surface area contributed by atoms with E-state index in [-0.39, 0.29) is 0 Å². The third-order valence-electron chi connectivity index (χ3n) is 2.84. The van der Waals surface area contributed by atoms with Crippen molar-refractivity contribution in [1.29, 1.82) is 0 Å². The molecule has 2 aromatic carbocycles. The number of amides is 1. The van der Waals surface area contributed by atoms with E-state index < -0.39 is 11.7 Å². The summed E-state index contributed by atoms with van der Waals surface area (Å²) in [6, 6.07) is 19.3. The Morgan fingerprint density at radius 3 is 2.05 bits per heavy atom. The first-order valence-electron chi connectivity index (χ1n) is 7.26. The first-order chi connectivity index (χ1) is 10.5. The summed E-state index contributed by atoms with van der Waals surface area (Å²) in [5.41, 5.74) is 1.25. The summed E-state index contributed by atoms with van der Waals surface area (Å²) >= 11 is 0. The third kappa shape index (κ3) is 4.77. The van der Waals surface area contributed by atoms with E-state index in [1.54, 1.807) is 6.20 Å². The molecule has 0 N–H and O–H groups in total. The van der Waals surface area contributed by atoms with Crippen molar-refractivity contribution in [2.75, 3.05) is 4.90 Å². The van der Waals surface area contributed by atoms with Crippen LogP contribution in [0.25, 0.3) is 6.08 Å². The van der Waals surface area contributed by atoms with Gasteiger partial charge in [-0.05, 0) is 44.5 Å². The molecule has 22 heavy (non-hydrogen) atoms. The van der Waals surface area contributed by atoms with Crippen LogP contribution in [0.4, 0.5) is 10.5 Å². The van der Waals surface area contributed by atoms with Crippen molar-refractivity contribution in [3.05, 3.63) is 72.4 Å². The Hall–Kier alpha value is -2.55. The molecule has 0 radical (unpaired) electrons. The van der Waals surface area contributed by atoms with E-state index in [0.717, 1.165) is 11.3 Å². The fraction of sp³-hybridized carbons (Fsp3) is 0.211. The van der Waals surface area contributed by atoms with Crippen LogP contribution >= 0.6 is 0 Å². The van der Waals surface area contributed by atoms with E-state index in [9.17, 15) is 4.79 Å². The summed E-state index contributed by atoms with van der Waals surface area (Å²) in [7, 11) is 0. The first kappa shape index (κ1) is 15.8. The molecule has 0 aliphatic rings. The maximum atomic E-state index is 12.4. The second-order valence-electron chi connectivity index (χ2n) is 5.91. The molecular formula is C19H21NO2. The van der Waals surface area contributed by atoms with Crippen LogP contribution in [-0.4, -0.2) is 11.7 Å². The van der Waals surface area contributed by atoms with Gasteiger partial charge in [-0.1, -0.05) is 48.5 Å². The summed E-state index contributed by atoms with van der Waals surface area (Å²) in [6.45, 7) is 5.57. The monoisotopic (exact) mass is 295 g/mol. The minimum Gasteiger partial charge on any atom is -0.443 e. The Balaban J connectivity index is 2.26. The highest BCUT2D eigenvalue weighted by Gasteiger charge is 2.21. The van der Waals surface area contributed by atoms with Gasteiger partial charge >= 0.3 is 6.09 Å². The lowest BCUT2D eigenvalue weighted by Gasteiger charge is -2.25. The highest BCUT2D eigenvalue weighted by atomic mass is 16.6. The normalized spacial score (nSPS) is 11.4. The highest BCUT2D eigenvalue weighted by molar-refractivity contribution is 5.90. The van der Waals surface area contributed by atoms with Gasteiger partial charge in [-0.15, -0.1) is 0 Å². The van der Waals surface area contributed by atoms with Crippen molar-refractivity contribution in [2.24, 2.45) is 0 Å². The fourth-order valence-corrected chi connectivity index (χ4v) is 1.88. The van der Waals surface area contributed by atoms with E-state index in [0.29, 0.717) is 0 Å². The summed E-state index contributed by atoms with van der Waals surface area (Å²) < 4.78 is 5.48. The zero-order chi connectivity index (χ0) is 16.0. The molecule has 0 heterocycles. The molecular weight excluding hydrogens is 274 g/mol. The van der Waals surface area contributed by atoms with E-state index >= 15 is 0 Å². The Kier molecular flexibility index (Phi) is 4.99. The van der Waals surface area contributed by atoms with Gasteiger partial charge in [0.2, 0.25) is 0 Å². The summed E-state index contributed by atoms with van der Waals surface area (Å²) in [6.07, 6.45) is 3.22. The molecule has 0 fully saturated rings. The predicted octanol–water partition coefficient (Wildman–Crippen LogP) is 5.10. The van der Waals surface area contributed by atoms with Crippen molar-refractivity contribution in [3.63, 3.8) is 0 Å². The van der Waals surface area contributed by atoms with Crippen LogP contribution in [0.5, 0.6) is 0 Å². The minimum absolute atomic E-state index is 0.397. The molecule has 2 rings (SSSR count). The van der Waals surface area contributed by atoms with Gasteiger partial charge in [0, 0.05) is 6.20 Å². The first-order valence-corrected chi connectivity index (χ1v) is 7.26. The Labute approximate surface area is 131 Å². The van der Waals surface area contributed by atoms with Crippen LogP contribution in [0, 0.1) is 0 Å². The summed E-state index contributed by atoms with van der Waals surface area (Å²) in [5.74, 6) is 0. The molecule has 0 aliphatic carbocycles. The van der Waals surface area contributed by atoms with Gasteiger partial charge in [0.1, 0.15) is 5.60 Å². The molecule has 0 saturated heterocycles. The zero-order valence-electron chi connectivity index (χ0n) is 13.2. The number of ether oxygens (including phenoxy) is 1. The van der Waals surface area contributed by atoms with Gasteiger partial charge in [0.15, 0.2) is 0 Å². The lowest BCUT2D eigenvalue weighted by Crippen LogP contribution is -2.33. The number of carbonyl (C=O) groups excluding carboxylic acids is 1. The number of hydrogen-bond acceptors (Lipinski definition) is 2. The molecule has 3 heteroatoms. The van der Waals surface area contributed by atoms with Gasteiger partial charge in [0.25, 0.3) is 0 Å². The van der Waals surface area contributed by atoms with Gasteiger partial charge in [-0.3, -0.25) is 4.90 Å². The van der Waals surface area contributed by atoms with E-state index in [1.807, 2.05) is 87.5 Å². The van der Waals surface area contributed by atoms with Crippen molar-refractivity contribution in [3.8, 4) is 0 Å². The number of para-hydroxylation sites is 1. The van der Waals surface area contributed by atoms with Crippen molar-refractivity contribution >= 4 is 17.9 Å². The number of anilines is 1. The quantitative estimate of drug-likeness (QED) is 0.788. The topological polar surface area (TPSA) is 29.5 Å². The van der Waals surface area contributed by atoms with Crippen molar-refractivity contribution < 1.29 is 9.53 Å². The maximum absolute atomic E-state index is 12.4. The van der Waals surface area contributed by atoms with Gasteiger partial charge < -0.3 is 4.74 Å². The largest absolute Gasteiger partial charge is 0.443 e. The lowest BCUT2D eigenvalue weighted by molar-refractivity contribution is 0.0597. The second-order valence-corrected chi connectivity index (χ2v) is 5.91. The second kappa shape index (κ2) is 6.94. The SMILES string of the molecule is CC(C)(C)OC(=O)N(C=Cc1ccccc1)c1ccccc1. The van der Waals surface area contributed by atoms with Gasteiger partial charge in [-0.2, -0.15) is 0 Å². The molecule has 0 aliphatic heterocycles. The predicted molar refractivity (Wildman–Crippen MR) is 90.6 cm³/mol. The minimum atomic E-state index is -0.537. The number of rotatable bonds is 3. The number of nitrogens with zero attached hydrogens (tertiary/aromatic N) is 1.